The quantitative estimate of drug-likeness (QED) is 0.613. The first-order chi connectivity index (χ1) is 12.6. The van der Waals surface area contributed by atoms with Gasteiger partial charge in [0.05, 0.1) is 18.4 Å². The zero-order valence-corrected chi connectivity index (χ0v) is 15.7. The fourth-order valence-corrected chi connectivity index (χ4v) is 4.31. The Labute approximate surface area is 158 Å². The molecular weight excluding hydrogens is 370 g/mol. The first-order valence-electron chi connectivity index (χ1n) is 7.90. The van der Waals surface area contributed by atoms with E-state index >= 15 is 0 Å². The van der Waals surface area contributed by atoms with E-state index < -0.39 is 5.97 Å². The van der Waals surface area contributed by atoms with Crippen LogP contribution < -0.4 is 10.1 Å². The lowest BCUT2D eigenvalue weighted by Gasteiger charge is -2.05. The maximum Gasteiger partial charge on any atom is 0.338 e. The van der Waals surface area contributed by atoms with Crippen LogP contribution in [0.15, 0.2) is 47.2 Å². The molecule has 0 radical (unpaired) electrons. The predicted octanol–water partition coefficient (Wildman–Crippen LogP) is 4.75. The van der Waals surface area contributed by atoms with Crippen LogP contribution in [0.3, 0.4) is 0 Å². The Morgan fingerprint density at radius 1 is 1.15 bits per heavy atom. The fraction of sp³-hybridized carbons (Fsp3) is 0.158. The number of hydrogen-bond donors (Lipinski definition) is 2. The molecule has 0 spiro atoms. The van der Waals surface area contributed by atoms with E-state index in [9.17, 15) is 9.59 Å². The third-order valence-corrected chi connectivity index (χ3v) is 5.72. The molecule has 0 aliphatic rings. The first-order valence-corrected chi connectivity index (χ1v) is 9.66. The van der Waals surface area contributed by atoms with E-state index in [1.54, 1.807) is 23.8 Å². The number of aryl methyl sites for hydroxylation is 1. The zero-order valence-electron chi connectivity index (χ0n) is 14.0. The number of ether oxygens (including phenoxy) is 1. The van der Waals surface area contributed by atoms with Crippen molar-refractivity contribution in [3.05, 3.63) is 57.6 Å². The Hall–Kier alpha value is -2.64. The van der Waals surface area contributed by atoms with E-state index in [4.69, 9.17) is 9.84 Å². The minimum absolute atomic E-state index is 0.123. The van der Waals surface area contributed by atoms with Gasteiger partial charge in [0, 0.05) is 32.5 Å². The smallest absolute Gasteiger partial charge is 0.338 e. The summed E-state index contributed by atoms with van der Waals surface area (Å²) in [5, 5.41) is 14.9. The van der Waals surface area contributed by atoms with Gasteiger partial charge in [-0.2, -0.15) is 0 Å². The number of carboxylic acids is 1. The summed E-state index contributed by atoms with van der Waals surface area (Å²) < 4.78 is 5.39. The second-order valence-electron chi connectivity index (χ2n) is 5.52. The van der Waals surface area contributed by atoms with Crippen LogP contribution in [-0.2, 0) is 11.2 Å². The molecule has 26 heavy (non-hydrogen) atoms. The molecule has 0 saturated carbocycles. The normalized spacial score (nSPS) is 10.5. The van der Waals surface area contributed by atoms with Gasteiger partial charge >= 0.3 is 5.97 Å². The summed E-state index contributed by atoms with van der Waals surface area (Å²) in [5.74, 6) is -0.420. The van der Waals surface area contributed by atoms with E-state index in [-0.39, 0.29) is 11.5 Å². The number of nitrogens with one attached hydrogen (secondary N) is 1. The van der Waals surface area contributed by atoms with Gasteiger partial charge in [-0.3, -0.25) is 4.79 Å². The molecule has 0 fully saturated rings. The Bertz CT molecular complexity index is 929. The van der Waals surface area contributed by atoms with Gasteiger partial charge in [0.2, 0.25) is 5.91 Å². The molecule has 2 aromatic heterocycles. The molecule has 1 aromatic carbocycles. The molecule has 0 saturated heterocycles. The van der Waals surface area contributed by atoms with Gasteiger partial charge < -0.3 is 15.2 Å². The summed E-state index contributed by atoms with van der Waals surface area (Å²) in [7, 11) is 1.65. The number of carboxylic acid groups (broad SMARTS) is 1. The highest BCUT2D eigenvalue weighted by atomic mass is 32.1. The van der Waals surface area contributed by atoms with E-state index in [1.165, 1.54) is 16.7 Å². The monoisotopic (exact) mass is 387 g/mol. The number of carbonyl (C=O) groups is 2. The van der Waals surface area contributed by atoms with Gasteiger partial charge in [0.15, 0.2) is 0 Å². The number of carbonyl (C=O) groups excluding carboxylic acids is 1. The van der Waals surface area contributed by atoms with Gasteiger partial charge in [0.25, 0.3) is 0 Å². The second-order valence-corrected chi connectivity index (χ2v) is 7.43. The minimum atomic E-state index is -1.04. The van der Waals surface area contributed by atoms with Gasteiger partial charge in [-0.15, -0.1) is 22.7 Å². The van der Waals surface area contributed by atoms with Crippen LogP contribution in [0.2, 0.25) is 0 Å². The highest BCUT2D eigenvalue weighted by molar-refractivity contribution is 7.15. The SMILES string of the molecule is COc1ccccc1-c1ccc(CCC(=O)Nc2cscc2C(=O)O)s1. The molecule has 0 unspecified atom stereocenters. The Morgan fingerprint density at radius 2 is 1.96 bits per heavy atom. The number of anilines is 1. The van der Waals surface area contributed by atoms with Crippen LogP contribution in [0.25, 0.3) is 10.4 Å². The summed E-state index contributed by atoms with van der Waals surface area (Å²) in [6.45, 7) is 0. The molecule has 2 heterocycles. The summed E-state index contributed by atoms with van der Waals surface area (Å²) in [6, 6.07) is 11.8. The molecule has 0 atom stereocenters. The number of rotatable bonds is 7. The molecule has 1 amide bonds. The van der Waals surface area contributed by atoms with Crippen molar-refractivity contribution in [2.45, 2.75) is 12.8 Å². The lowest BCUT2D eigenvalue weighted by atomic mass is 10.1. The Morgan fingerprint density at radius 3 is 2.73 bits per heavy atom. The average molecular weight is 387 g/mol. The number of thiophene rings is 2. The van der Waals surface area contributed by atoms with Crippen molar-refractivity contribution in [3.63, 3.8) is 0 Å². The predicted molar refractivity (Wildman–Crippen MR) is 105 cm³/mol. The van der Waals surface area contributed by atoms with Crippen molar-refractivity contribution < 1.29 is 19.4 Å². The average Bonchev–Trinajstić information content (AvgIpc) is 3.29. The van der Waals surface area contributed by atoms with E-state index in [1.807, 2.05) is 36.4 Å². The second kappa shape index (κ2) is 8.16. The lowest BCUT2D eigenvalue weighted by Crippen LogP contribution is -2.13. The van der Waals surface area contributed by atoms with Crippen molar-refractivity contribution >= 4 is 40.2 Å². The van der Waals surface area contributed by atoms with Crippen LogP contribution in [0, 0.1) is 0 Å². The van der Waals surface area contributed by atoms with Crippen molar-refractivity contribution in [2.75, 3.05) is 12.4 Å². The number of amides is 1. The topological polar surface area (TPSA) is 75.6 Å². The van der Waals surface area contributed by atoms with Crippen molar-refractivity contribution in [2.24, 2.45) is 0 Å². The molecule has 3 rings (SSSR count). The fourth-order valence-electron chi connectivity index (χ4n) is 2.51. The largest absolute Gasteiger partial charge is 0.496 e. The molecule has 5 nitrogen and oxygen atoms in total. The van der Waals surface area contributed by atoms with Crippen LogP contribution in [0.4, 0.5) is 5.69 Å². The molecule has 7 heteroatoms. The molecular formula is C19H17NO4S2. The van der Waals surface area contributed by atoms with Crippen molar-refractivity contribution in [1.29, 1.82) is 0 Å². The summed E-state index contributed by atoms with van der Waals surface area (Å²) in [5.41, 5.74) is 1.51. The maximum absolute atomic E-state index is 12.1. The van der Waals surface area contributed by atoms with Crippen LogP contribution >= 0.6 is 22.7 Å². The molecule has 0 aliphatic carbocycles. The number of para-hydroxylation sites is 1. The Kier molecular flexibility index (Phi) is 5.70. The van der Waals surface area contributed by atoms with Crippen molar-refractivity contribution in [1.82, 2.24) is 0 Å². The first kappa shape index (κ1) is 18.2. The van der Waals surface area contributed by atoms with Gasteiger partial charge in [-0.05, 0) is 30.7 Å². The summed E-state index contributed by atoms with van der Waals surface area (Å²) in [6.07, 6.45) is 0.888. The van der Waals surface area contributed by atoms with Crippen LogP contribution in [0.1, 0.15) is 21.7 Å². The molecule has 0 aliphatic heterocycles. The number of methoxy groups -OCH3 is 1. The molecule has 2 N–H and O–H groups in total. The van der Waals surface area contributed by atoms with Gasteiger partial charge in [-0.25, -0.2) is 4.79 Å². The van der Waals surface area contributed by atoms with Crippen molar-refractivity contribution in [3.8, 4) is 16.2 Å². The lowest BCUT2D eigenvalue weighted by molar-refractivity contribution is -0.116. The summed E-state index contributed by atoms with van der Waals surface area (Å²) in [4.78, 5) is 25.4. The van der Waals surface area contributed by atoms with Crippen LogP contribution in [0.5, 0.6) is 5.75 Å². The highest BCUT2D eigenvalue weighted by Gasteiger charge is 2.14. The maximum atomic E-state index is 12.1. The Balaban J connectivity index is 1.62. The van der Waals surface area contributed by atoms with Gasteiger partial charge in [0.1, 0.15) is 5.75 Å². The third kappa shape index (κ3) is 4.12. The third-order valence-electron chi connectivity index (χ3n) is 3.80. The van der Waals surface area contributed by atoms with E-state index in [0.29, 0.717) is 18.5 Å². The zero-order chi connectivity index (χ0) is 18.5. The number of aromatic carboxylic acids is 1. The number of hydrogen-bond acceptors (Lipinski definition) is 5. The van der Waals surface area contributed by atoms with Crippen LogP contribution in [-0.4, -0.2) is 24.1 Å². The van der Waals surface area contributed by atoms with E-state index in [0.717, 1.165) is 21.1 Å². The van der Waals surface area contributed by atoms with Gasteiger partial charge in [-0.1, -0.05) is 12.1 Å². The molecule has 134 valence electrons. The summed E-state index contributed by atoms with van der Waals surface area (Å²) >= 11 is 2.87. The minimum Gasteiger partial charge on any atom is -0.496 e. The van der Waals surface area contributed by atoms with E-state index in [2.05, 4.69) is 5.32 Å². The number of benzene rings is 1. The highest BCUT2D eigenvalue weighted by Crippen LogP contribution is 2.35. The standard InChI is InChI=1S/C19H17NO4S2/c1-24-16-5-3-2-4-13(16)17-8-6-12(26-17)7-9-18(21)20-15-11-25-10-14(15)19(22)23/h2-6,8,10-11H,7,9H2,1H3,(H,20,21)(H,22,23). The molecule has 3 aromatic rings. The molecule has 0 bridgehead atoms.